The summed E-state index contributed by atoms with van der Waals surface area (Å²) in [6, 6.07) is 10.9. The van der Waals surface area contributed by atoms with Gasteiger partial charge in [-0.1, -0.05) is 0 Å². The standard InChI is InChI=1S/C23H23ClN4O4/c1-31-19-11-17-18(12-20(19)32-2)25-23(24)27-21(17)26-22(30)15-7-9-28(10-8-15)16-5-3-14(13-29)4-6-16/h3-6,11-13,15H,7-10H2,1-2H3,(H,25,26,27,30). The fraction of sp³-hybridized carbons (Fsp3) is 0.304. The first kappa shape index (κ1) is 21.8. The number of hydrogen-bond donors (Lipinski definition) is 1. The first-order chi connectivity index (χ1) is 15.5. The lowest BCUT2D eigenvalue weighted by Crippen LogP contribution is -2.38. The van der Waals surface area contributed by atoms with E-state index >= 15 is 0 Å². The fourth-order valence-electron chi connectivity index (χ4n) is 3.90. The van der Waals surface area contributed by atoms with Crippen molar-refractivity contribution >= 4 is 46.2 Å². The predicted octanol–water partition coefficient (Wildman–Crippen LogP) is 3.97. The molecule has 0 atom stereocenters. The van der Waals surface area contributed by atoms with E-state index in [4.69, 9.17) is 21.1 Å². The number of carbonyl (C=O) groups excluding carboxylic acids is 2. The van der Waals surface area contributed by atoms with Gasteiger partial charge < -0.3 is 19.7 Å². The molecule has 4 rings (SSSR count). The fourth-order valence-corrected chi connectivity index (χ4v) is 4.08. The zero-order valence-electron chi connectivity index (χ0n) is 17.8. The third-order valence-electron chi connectivity index (χ3n) is 5.68. The summed E-state index contributed by atoms with van der Waals surface area (Å²) in [6.07, 6.45) is 2.24. The summed E-state index contributed by atoms with van der Waals surface area (Å²) >= 11 is 6.10. The number of methoxy groups -OCH3 is 2. The molecule has 1 N–H and O–H groups in total. The zero-order chi connectivity index (χ0) is 22.7. The van der Waals surface area contributed by atoms with Crippen molar-refractivity contribution in [3.05, 3.63) is 47.2 Å². The lowest BCUT2D eigenvalue weighted by molar-refractivity contribution is -0.120. The number of ether oxygens (including phenoxy) is 2. The molecule has 8 nitrogen and oxygen atoms in total. The van der Waals surface area contributed by atoms with Gasteiger partial charge in [-0.15, -0.1) is 0 Å². The second-order valence-corrected chi connectivity index (χ2v) is 7.86. The van der Waals surface area contributed by atoms with E-state index in [1.807, 2.05) is 12.1 Å². The van der Waals surface area contributed by atoms with Gasteiger partial charge in [-0.2, -0.15) is 4.98 Å². The Morgan fingerprint density at radius 1 is 1.09 bits per heavy atom. The quantitative estimate of drug-likeness (QED) is 0.445. The van der Waals surface area contributed by atoms with Crippen molar-refractivity contribution in [2.24, 2.45) is 5.92 Å². The molecule has 2 aromatic carbocycles. The van der Waals surface area contributed by atoms with Crippen molar-refractivity contribution in [2.45, 2.75) is 12.8 Å². The summed E-state index contributed by atoms with van der Waals surface area (Å²) in [5.74, 6) is 1.12. The summed E-state index contributed by atoms with van der Waals surface area (Å²) in [5, 5.41) is 3.58. The van der Waals surface area contributed by atoms with E-state index in [0.29, 0.717) is 46.6 Å². The molecule has 1 aliphatic heterocycles. The van der Waals surface area contributed by atoms with E-state index in [1.165, 1.54) is 7.11 Å². The molecule has 1 aromatic heterocycles. The van der Waals surface area contributed by atoms with Crippen LogP contribution < -0.4 is 19.7 Å². The molecule has 0 radical (unpaired) electrons. The minimum Gasteiger partial charge on any atom is -0.493 e. The maximum Gasteiger partial charge on any atom is 0.228 e. The van der Waals surface area contributed by atoms with Gasteiger partial charge in [-0.25, -0.2) is 4.98 Å². The molecule has 2 heterocycles. The third kappa shape index (κ3) is 4.45. The van der Waals surface area contributed by atoms with Crippen LogP contribution in [0.1, 0.15) is 23.2 Å². The largest absolute Gasteiger partial charge is 0.493 e. The van der Waals surface area contributed by atoms with Crippen molar-refractivity contribution in [2.75, 3.05) is 37.5 Å². The van der Waals surface area contributed by atoms with Crippen LogP contribution in [-0.2, 0) is 4.79 Å². The Kier molecular flexibility index (Phi) is 6.41. The number of fused-ring (bicyclic) bond motifs is 1. The lowest BCUT2D eigenvalue weighted by Gasteiger charge is -2.33. The van der Waals surface area contributed by atoms with Gasteiger partial charge in [0.05, 0.1) is 19.7 Å². The molecule has 0 aliphatic carbocycles. The molecule has 0 spiro atoms. The highest BCUT2D eigenvalue weighted by Crippen LogP contribution is 2.35. The Morgan fingerprint density at radius 3 is 2.38 bits per heavy atom. The van der Waals surface area contributed by atoms with Gasteiger partial charge in [0.15, 0.2) is 11.5 Å². The number of aromatic nitrogens is 2. The van der Waals surface area contributed by atoms with E-state index in [-0.39, 0.29) is 17.1 Å². The molecule has 1 saturated heterocycles. The molecule has 1 fully saturated rings. The number of aldehydes is 1. The van der Waals surface area contributed by atoms with Crippen molar-refractivity contribution in [3.63, 3.8) is 0 Å². The Morgan fingerprint density at radius 2 is 1.75 bits per heavy atom. The van der Waals surface area contributed by atoms with Gasteiger partial charge in [-0.3, -0.25) is 9.59 Å². The second kappa shape index (κ2) is 9.40. The number of hydrogen-bond acceptors (Lipinski definition) is 7. The molecule has 32 heavy (non-hydrogen) atoms. The zero-order valence-corrected chi connectivity index (χ0v) is 18.6. The van der Waals surface area contributed by atoms with E-state index in [2.05, 4.69) is 20.2 Å². The SMILES string of the molecule is COc1cc2nc(Cl)nc(NC(=O)C3CCN(c4ccc(C=O)cc4)CC3)c2cc1OC. The molecule has 1 amide bonds. The molecular formula is C23H23ClN4O4. The topological polar surface area (TPSA) is 93.7 Å². The van der Waals surface area contributed by atoms with Gasteiger partial charge >= 0.3 is 0 Å². The number of rotatable bonds is 6. The highest BCUT2D eigenvalue weighted by molar-refractivity contribution is 6.29. The van der Waals surface area contributed by atoms with Crippen LogP contribution in [0.25, 0.3) is 10.9 Å². The molecule has 0 unspecified atom stereocenters. The van der Waals surface area contributed by atoms with E-state index in [0.717, 1.165) is 25.1 Å². The van der Waals surface area contributed by atoms with Crippen LogP contribution in [0.3, 0.4) is 0 Å². The van der Waals surface area contributed by atoms with Gasteiger partial charge in [0.25, 0.3) is 0 Å². The smallest absolute Gasteiger partial charge is 0.228 e. The van der Waals surface area contributed by atoms with Crippen molar-refractivity contribution in [1.29, 1.82) is 0 Å². The number of nitrogens with zero attached hydrogens (tertiary/aromatic N) is 3. The van der Waals surface area contributed by atoms with E-state index in [9.17, 15) is 9.59 Å². The van der Waals surface area contributed by atoms with Crippen LogP contribution in [0, 0.1) is 5.92 Å². The van der Waals surface area contributed by atoms with Crippen molar-refractivity contribution in [1.82, 2.24) is 9.97 Å². The van der Waals surface area contributed by atoms with Crippen LogP contribution in [0.15, 0.2) is 36.4 Å². The normalized spacial score (nSPS) is 14.3. The molecule has 1 aliphatic rings. The Bertz CT molecular complexity index is 1140. The first-order valence-corrected chi connectivity index (χ1v) is 10.6. The molecule has 9 heteroatoms. The second-order valence-electron chi connectivity index (χ2n) is 7.53. The van der Waals surface area contributed by atoms with Gasteiger partial charge in [-0.05, 0) is 54.8 Å². The van der Waals surface area contributed by atoms with Gasteiger partial charge in [0, 0.05) is 41.7 Å². The molecule has 166 valence electrons. The number of benzene rings is 2. The van der Waals surface area contributed by atoms with Crippen molar-refractivity contribution in [3.8, 4) is 11.5 Å². The molecular weight excluding hydrogens is 432 g/mol. The predicted molar refractivity (Wildman–Crippen MR) is 123 cm³/mol. The Balaban J connectivity index is 1.48. The number of amides is 1. The van der Waals surface area contributed by atoms with Crippen molar-refractivity contribution < 1.29 is 19.1 Å². The van der Waals surface area contributed by atoms with Crippen LogP contribution in [0.4, 0.5) is 11.5 Å². The minimum atomic E-state index is -0.149. The Labute approximate surface area is 190 Å². The number of nitrogens with one attached hydrogen (secondary N) is 1. The van der Waals surface area contributed by atoms with Crippen LogP contribution >= 0.6 is 11.6 Å². The van der Waals surface area contributed by atoms with Gasteiger partial charge in [0.2, 0.25) is 11.2 Å². The first-order valence-electron chi connectivity index (χ1n) is 10.2. The maximum absolute atomic E-state index is 13.0. The van der Waals surface area contributed by atoms with E-state index in [1.54, 1.807) is 31.4 Å². The summed E-state index contributed by atoms with van der Waals surface area (Å²) in [6.45, 7) is 1.49. The van der Waals surface area contributed by atoms with Gasteiger partial charge in [0.1, 0.15) is 12.1 Å². The summed E-state index contributed by atoms with van der Waals surface area (Å²) in [7, 11) is 3.08. The Hall–Kier alpha value is -3.39. The molecule has 0 bridgehead atoms. The molecule has 0 saturated carbocycles. The summed E-state index contributed by atoms with van der Waals surface area (Å²) in [4.78, 5) is 34.5. The third-order valence-corrected chi connectivity index (χ3v) is 5.84. The number of halogens is 1. The molecule has 3 aromatic rings. The van der Waals surface area contributed by atoms with Crippen LogP contribution in [0.2, 0.25) is 5.28 Å². The number of piperidine rings is 1. The average molecular weight is 455 g/mol. The minimum absolute atomic E-state index is 0.0358. The summed E-state index contributed by atoms with van der Waals surface area (Å²) < 4.78 is 10.7. The highest BCUT2D eigenvalue weighted by atomic mass is 35.5. The monoisotopic (exact) mass is 454 g/mol. The lowest BCUT2D eigenvalue weighted by atomic mass is 9.95. The average Bonchev–Trinajstić information content (AvgIpc) is 2.83. The number of anilines is 2. The van der Waals surface area contributed by atoms with Crippen LogP contribution in [0.5, 0.6) is 11.5 Å². The number of carbonyl (C=O) groups is 2. The highest BCUT2D eigenvalue weighted by Gasteiger charge is 2.26. The summed E-state index contributed by atoms with van der Waals surface area (Å²) in [5.41, 5.74) is 2.24. The van der Waals surface area contributed by atoms with E-state index < -0.39 is 0 Å². The maximum atomic E-state index is 13.0. The van der Waals surface area contributed by atoms with Crippen LogP contribution in [-0.4, -0.2) is 49.5 Å².